The number of fused-ring (bicyclic) bond motifs is 2. The van der Waals surface area contributed by atoms with Gasteiger partial charge < -0.3 is 14.2 Å². The molecule has 56 heavy (non-hydrogen) atoms. The number of para-hydroxylation sites is 3. The quantitative estimate of drug-likeness (QED) is 0.147. The number of thiophene rings is 1. The highest BCUT2D eigenvalue weighted by Crippen LogP contribution is 2.40. The van der Waals surface area contributed by atoms with Crippen LogP contribution in [0.15, 0.2) is 223 Å². The number of rotatable bonds is 9. The molecule has 0 aliphatic carbocycles. The van der Waals surface area contributed by atoms with Crippen molar-refractivity contribution in [2.24, 2.45) is 0 Å². The van der Waals surface area contributed by atoms with E-state index in [1.54, 1.807) is 0 Å². The molecule has 0 aliphatic rings. The van der Waals surface area contributed by atoms with Gasteiger partial charge in [-0.1, -0.05) is 109 Å². The minimum absolute atomic E-state index is 0.868. The summed E-state index contributed by atoms with van der Waals surface area (Å²) in [5, 5.41) is 2.39. The summed E-state index contributed by atoms with van der Waals surface area (Å²) in [7, 11) is 0. The number of nitrogens with zero attached hydrogens (tertiary/aromatic N) is 2. The Hall–Kier alpha value is -7.14. The van der Waals surface area contributed by atoms with Crippen molar-refractivity contribution in [3.05, 3.63) is 218 Å². The van der Waals surface area contributed by atoms with Gasteiger partial charge in [0.25, 0.3) is 0 Å². The second kappa shape index (κ2) is 14.6. The first-order chi connectivity index (χ1) is 27.7. The Balaban J connectivity index is 0.925. The summed E-state index contributed by atoms with van der Waals surface area (Å²) in [5.41, 5.74) is 12.1. The van der Waals surface area contributed by atoms with E-state index in [4.69, 9.17) is 4.42 Å². The van der Waals surface area contributed by atoms with Gasteiger partial charge in [-0.3, -0.25) is 0 Å². The Bertz CT molecular complexity index is 2610. The predicted molar refractivity (Wildman–Crippen MR) is 237 cm³/mol. The van der Waals surface area contributed by atoms with Crippen LogP contribution in [0.3, 0.4) is 0 Å². The van der Waals surface area contributed by atoms with Crippen molar-refractivity contribution in [3.8, 4) is 32.9 Å². The molecule has 0 saturated carbocycles. The lowest BCUT2D eigenvalue weighted by Gasteiger charge is -2.26. The molecule has 0 N–H and O–H groups in total. The monoisotopic (exact) mass is 736 g/mol. The van der Waals surface area contributed by atoms with Crippen molar-refractivity contribution in [2.45, 2.75) is 0 Å². The molecule has 0 aliphatic heterocycles. The molecule has 0 amide bonds. The third-order valence-electron chi connectivity index (χ3n) is 10.3. The van der Waals surface area contributed by atoms with Crippen LogP contribution in [0.4, 0.5) is 34.1 Å². The van der Waals surface area contributed by atoms with E-state index in [9.17, 15) is 0 Å². The van der Waals surface area contributed by atoms with E-state index in [1.807, 2.05) is 29.5 Å². The van der Waals surface area contributed by atoms with Gasteiger partial charge in [0.2, 0.25) is 0 Å². The maximum absolute atomic E-state index is 6.16. The average Bonchev–Trinajstić information content (AvgIpc) is 3.91. The summed E-state index contributed by atoms with van der Waals surface area (Å²) < 4.78 is 7.47. The third-order valence-corrected chi connectivity index (χ3v) is 11.4. The second-order valence-electron chi connectivity index (χ2n) is 13.8. The first kappa shape index (κ1) is 33.4. The third kappa shape index (κ3) is 6.53. The first-order valence-electron chi connectivity index (χ1n) is 18.8. The first-order valence-corrected chi connectivity index (χ1v) is 19.6. The fourth-order valence-electron chi connectivity index (χ4n) is 7.45. The van der Waals surface area contributed by atoms with Crippen LogP contribution in [0.1, 0.15) is 0 Å². The van der Waals surface area contributed by atoms with E-state index in [0.717, 1.165) is 67.5 Å². The van der Waals surface area contributed by atoms with E-state index in [0.29, 0.717) is 0 Å². The largest absolute Gasteiger partial charge is 0.456 e. The topological polar surface area (TPSA) is 19.6 Å². The Morgan fingerprint density at radius 1 is 0.321 bits per heavy atom. The lowest BCUT2D eigenvalue weighted by atomic mass is 10.0. The van der Waals surface area contributed by atoms with Gasteiger partial charge in [-0.05, 0) is 131 Å². The van der Waals surface area contributed by atoms with Gasteiger partial charge in [0.1, 0.15) is 11.3 Å². The van der Waals surface area contributed by atoms with Gasteiger partial charge in [-0.15, -0.1) is 11.3 Å². The molecule has 10 aromatic rings. The van der Waals surface area contributed by atoms with E-state index in [1.165, 1.54) is 20.5 Å². The summed E-state index contributed by atoms with van der Waals surface area (Å²) in [5.74, 6) is 0.868. The molecular formula is C52H36N2OS. The van der Waals surface area contributed by atoms with Gasteiger partial charge in [0.05, 0.1) is 0 Å². The molecule has 0 unspecified atom stereocenters. The van der Waals surface area contributed by atoms with E-state index >= 15 is 0 Å². The summed E-state index contributed by atoms with van der Waals surface area (Å²) in [6.07, 6.45) is 0. The molecule has 3 nitrogen and oxygen atoms in total. The van der Waals surface area contributed by atoms with Gasteiger partial charge in [-0.25, -0.2) is 0 Å². The maximum atomic E-state index is 6.16. The summed E-state index contributed by atoms with van der Waals surface area (Å²) in [6.45, 7) is 0. The number of hydrogen-bond donors (Lipinski definition) is 0. The summed E-state index contributed by atoms with van der Waals surface area (Å²) in [4.78, 5) is 5.89. The molecule has 2 aromatic heterocycles. The summed E-state index contributed by atoms with van der Waals surface area (Å²) in [6, 6.07) is 77.5. The number of hydrogen-bond acceptors (Lipinski definition) is 4. The minimum atomic E-state index is 0.868. The molecule has 10 rings (SSSR count). The van der Waals surface area contributed by atoms with Crippen molar-refractivity contribution < 1.29 is 4.42 Å². The van der Waals surface area contributed by atoms with Gasteiger partial charge in [0.15, 0.2) is 0 Å². The highest BCUT2D eigenvalue weighted by atomic mass is 32.1. The van der Waals surface area contributed by atoms with E-state index in [2.05, 4.69) is 210 Å². The molecule has 266 valence electrons. The molecule has 0 saturated heterocycles. The normalized spacial score (nSPS) is 11.2. The number of anilines is 6. The van der Waals surface area contributed by atoms with Crippen molar-refractivity contribution in [3.63, 3.8) is 0 Å². The van der Waals surface area contributed by atoms with Crippen molar-refractivity contribution in [1.29, 1.82) is 0 Å². The highest BCUT2D eigenvalue weighted by molar-refractivity contribution is 7.22. The van der Waals surface area contributed by atoms with Gasteiger partial charge in [-0.2, -0.15) is 0 Å². The zero-order valence-corrected chi connectivity index (χ0v) is 31.3. The van der Waals surface area contributed by atoms with Crippen LogP contribution >= 0.6 is 11.3 Å². The zero-order valence-electron chi connectivity index (χ0n) is 30.5. The van der Waals surface area contributed by atoms with Gasteiger partial charge >= 0.3 is 0 Å². The van der Waals surface area contributed by atoms with Crippen LogP contribution in [-0.2, 0) is 0 Å². The molecular weight excluding hydrogens is 701 g/mol. The Morgan fingerprint density at radius 3 is 1.23 bits per heavy atom. The van der Waals surface area contributed by atoms with Gasteiger partial charge in [0, 0.05) is 54.7 Å². The molecule has 0 spiro atoms. The summed E-state index contributed by atoms with van der Waals surface area (Å²) >= 11 is 1.84. The highest BCUT2D eigenvalue weighted by Gasteiger charge is 2.16. The Kier molecular flexibility index (Phi) is 8.71. The van der Waals surface area contributed by atoms with E-state index in [-0.39, 0.29) is 0 Å². The number of benzene rings is 8. The molecule has 0 bridgehead atoms. The molecule has 2 heterocycles. The Labute approximate surface area is 330 Å². The van der Waals surface area contributed by atoms with Crippen LogP contribution in [-0.4, -0.2) is 0 Å². The van der Waals surface area contributed by atoms with E-state index < -0.39 is 0 Å². The lowest BCUT2D eigenvalue weighted by molar-refractivity contribution is 0.631. The predicted octanol–water partition coefficient (Wildman–Crippen LogP) is 15.6. The van der Waals surface area contributed by atoms with Crippen LogP contribution in [0.5, 0.6) is 0 Å². The number of furan rings is 1. The van der Waals surface area contributed by atoms with Crippen LogP contribution in [0, 0.1) is 0 Å². The van der Waals surface area contributed by atoms with Crippen LogP contribution in [0.25, 0.3) is 53.9 Å². The average molecular weight is 737 g/mol. The van der Waals surface area contributed by atoms with Crippen LogP contribution < -0.4 is 9.80 Å². The zero-order chi connectivity index (χ0) is 37.3. The minimum Gasteiger partial charge on any atom is -0.456 e. The van der Waals surface area contributed by atoms with Crippen molar-refractivity contribution in [2.75, 3.05) is 9.80 Å². The van der Waals surface area contributed by atoms with Crippen LogP contribution in [0.2, 0.25) is 0 Å². The Morgan fingerprint density at radius 2 is 0.732 bits per heavy atom. The van der Waals surface area contributed by atoms with Crippen molar-refractivity contribution in [1.82, 2.24) is 0 Å². The molecule has 8 aromatic carbocycles. The molecule has 0 atom stereocenters. The van der Waals surface area contributed by atoms with Crippen molar-refractivity contribution >= 4 is 66.5 Å². The molecule has 0 fully saturated rings. The second-order valence-corrected chi connectivity index (χ2v) is 14.9. The SMILES string of the molecule is c1ccc(N(c2ccc(-c3ccc(N(c4ccccc4)c4ccc(-c5cc6ccccc6s5)cc4)cc3)cc2)c2ccc(-c3cc4ccccc4o3)cc2)cc1. The lowest BCUT2D eigenvalue weighted by Crippen LogP contribution is -2.10. The fraction of sp³-hybridized carbons (Fsp3) is 0. The molecule has 4 heteroatoms. The molecule has 0 radical (unpaired) electrons. The maximum Gasteiger partial charge on any atom is 0.135 e. The standard InChI is InChI=1S/C52H36N2OS/c1-3-13-43(14-4-1)53(47-31-23-39(24-32-47)50-35-41-11-7-9-17-49(41)55-50)45-27-19-37(20-28-45)38-21-29-46(30-22-38)54(44-15-5-2-6-16-44)48-33-25-40(26-34-48)52-36-42-12-8-10-18-51(42)56-52/h1-36H. The fourth-order valence-corrected chi connectivity index (χ4v) is 8.52. The smallest absolute Gasteiger partial charge is 0.135 e.